The van der Waals surface area contributed by atoms with Gasteiger partial charge in [0.15, 0.2) is 5.82 Å². The Balaban J connectivity index is 1.66. The number of aromatic nitrogens is 5. The summed E-state index contributed by atoms with van der Waals surface area (Å²) in [5.41, 5.74) is 4.47. The number of aromatic amines is 2. The number of hydrogen-bond acceptors (Lipinski definition) is 5. The van der Waals surface area contributed by atoms with Gasteiger partial charge in [-0.15, -0.1) is 5.73 Å². The highest BCUT2D eigenvalue weighted by molar-refractivity contribution is 5.88. The van der Waals surface area contributed by atoms with Gasteiger partial charge in [0.2, 0.25) is 5.95 Å². The Kier molecular flexibility index (Phi) is 3.84. The van der Waals surface area contributed by atoms with Crippen molar-refractivity contribution >= 4 is 34.7 Å². The van der Waals surface area contributed by atoms with Crippen LogP contribution in [0.25, 0.3) is 17.1 Å². The van der Waals surface area contributed by atoms with Crippen LogP contribution in [-0.4, -0.2) is 31.2 Å². The highest BCUT2D eigenvalue weighted by atomic mass is 15.2. The number of anilines is 3. The molecule has 3 aromatic heterocycles. The standard InChI is InChI=1S/C18H19N7/c1-3-5-14(11-6-7-11)20-17-13-8-9-19-16(13)22-18(23-17)21-15-10-12(4-2)24-25-15/h4-5,8-11,14H,1-2,6-7H2,(H4,19,20,21,22,23,24,25). The first kappa shape index (κ1) is 15.2. The molecule has 3 aromatic rings. The Morgan fingerprint density at radius 3 is 2.96 bits per heavy atom. The third-order valence-corrected chi connectivity index (χ3v) is 4.20. The van der Waals surface area contributed by atoms with Gasteiger partial charge in [0.25, 0.3) is 0 Å². The second kappa shape index (κ2) is 6.30. The fourth-order valence-corrected chi connectivity index (χ4v) is 2.76. The fraction of sp³-hybridized carbons (Fsp3) is 0.222. The van der Waals surface area contributed by atoms with Crippen LogP contribution in [0.15, 0.2) is 43.3 Å². The molecule has 4 N–H and O–H groups in total. The van der Waals surface area contributed by atoms with E-state index in [1.54, 1.807) is 6.08 Å². The molecule has 1 saturated carbocycles. The molecule has 3 heterocycles. The molecule has 0 radical (unpaired) electrons. The monoisotopic (exact) mass is 333 g/mol. The van der Waals surface area contributed by atoms with Crippen molar-refractivity contribution in [3.8, 4) is 0 Å². The minimum absolute atomic E-state index is 0.177. The van der Waals surface area contributed by atoms with Gasteiger partial charge in [-0.2, -0.15) is 15.1 Å². The number of hydrogen-bond donors (Lipinski definition) is 4. The molecule has 7 nitrogen and oxygen atoms in total. The SMILES string of the molecule is C=C=CC(Nc1nc(Nc2cc(C=C)[nH]n2)nc2[nH]ccc12)C1CC1. The molecule has 126 valence electrons. The molecule has 1 fully saturated rings. The van der Waals surface area contributed by atoms with E-state index in [1.807, 2.05) is 24.4 Å². The first-order valence-corrected chi connectivity index (χ1v) is 8.19. The lowest BCUT2D eigenvalue weighted by Crippen LogP contribution is -2.20. The maximum Gasteiger partial charge on any atom is 0.232 e. The van der Waals surface area contributed by atoms with Gasteiger partial charge in [0, 0.05) is 12.3 Å². The zero-order valence-electron chi connectivity index (χ0n) is 13.7. The van der Waals surface area contributed by atoms with Crippen LogP contribution in [0.1, 0.15) is 18.5 Å². The van der Waals surface area contributed by atoms with Gasteiger partial charge < -0.3 is 15.6 Å². The maximum absolute atomic E-state index is 4.63. The predicted molar refractivity (Wildman–Crippen MR) is 99.7 cm³/mol. The van der Waals surface area contributed by atoms with Gasteiger partial charge in [-0.05, 0) is 37.0 Å². The molecule has 0 aromatic carbocycles. The van der Waals surface area contributed by atoms with Gasteiger partial charge in [0.05, 0.1) is 17.1 Å². The highest BCUT2D eigenvalue weighted by Gasteiger charge is 2.30. The fourth-order valence-electron chi connectivity index (χ4n) is 2.76. The summed E-state index contributed by atoms with van der Waals surface area (Å²) in [6.45, 7) is 7.41. The van der Waals surface area contributed by atoms with Crippen molar-refractivity contribution in [3.63, 3.8) is 0 Å². The number of fused-ring (bicyclic) bond motifs is 1. The van der Waals surface area contributed by atoms with E-state index in [4.69, 9.17) is 0 Å². The largest absolute Gasteiger partial charge is 0.362 e. The molecule has 1 atom stereocenters. The molecule has 0 spiro atoms. The van der Waals surface area contributed by atoms with Gasteiger partial charge in [-0.25, -0.2) is 0 Å². The highest BCUT2D eigenvalue weighted by Crippen LogP contribution is 2.35. The Hall–Kier alpha value is -3.31. The topological polar surface area (TPSA) is 94.3 Å². The molecule has 1 aliphatic rings. The van der Waals surface area contributed by atoms with Crippen molar-refractivity contribution in [1.82, 2.24) is 25.1 Å². The van der Waals surface area contributed by atoms with Crippen molar-refractivity contribution in [3.05, 3.63) is 49.0 Å². The van der Waals surface area contributed by atoms with E-state index in [0.29, 0.717) is 17.7 Å². The van der Waals surface area contributed by atoms with Crippen LogP contribution in [-0.2, 0) is 0 Å². The average molecular weight is 333 g/mol. The summed E-state index contributed by atoms with van der Waals surface area (Å²) in [5.74, 6) is 2.49. The molecular weight excluding hydrogens is 314 g/mol. The van der Waals surface area contributed by atoms with Gasteiger partial charge >= 0.3 is 0 Å². The maximum atomic E-state index is 4.63. The van der Waals surface area contributed by atoms with Crippen LogP contribution in [0.3, 0.4) is 0 Å². The van der Waals surface area contributed by atoms with Gasteiger partial charge in [0.1, 0.15) is 11.5 Å². The number of nitrogens with zero attached hydrogens (tertiary/aromatic N) is 3. The molecule has 0 saturated heterocycles. The first-order chi connectivity index (χ1) is 12.3. The molecule has 25 heavy (non-hydrogen) atoms. The molecule has 1 aliphatic carbocycles. The summed E-state index contributed by atoms with van der Waals surface area (Å²) in [6.07, 6.45) is 7.94. The number of nitrogens with one attached hydrogen (secondary N) is 4. The lowest BCUT2D eigenvalue weighted by atomic mass is 10.2. The third kappa shape index (κ3) is 3.18. The summed E-state index contributed by atoms with van der Waals surface area (Å²) in [4.78, 5) is 12.3. The average Bonchev–Trinajstić information content (AvgIpc) is 3.17. The second-order valence-electron chi connectivity index (χ2n) is 6.05. The Morgan fingerprint density at radius 1 is 1.36 bits per heavy atom. The van der Waals surface area contributed by atoms with E-state index in [2.05, 4.69) is 54.7 Å². The minimum Gasteiger partial charge on any atom is -0.362 e. The van der Waals surface area contributed by atoms with E-state index in [9.17, 15) is 0 Å². The quantitative estimate of drug-likeness (QED) is 0.496. The predicted octanol–water partition coefficient (Wildman–Crippen LogP) is 3.60. The smallest absolute Gasteiger partial charge is 0.232 e. The summed E-state index contributed by atoms with van der Waals surface area (Å²) in [7, 11) is 0. The summed E-state index contributed by atoms with van der Waals surface area (Å²) < 4.78 is 0. The Labute approximate surface area is 145 Å². The molecule has 0 amide bonds. The number of rotatable bonds is 7. The summed E-state index contributed by atoms with van der Waals surface area (Å²) >= 11 is 0. The van der Waals surface area contributed by atoms with Crippen LogP contribution in [0, 0.1) is 5.92 Å². The molecule has 4 rings (SSSR count). The molecule has 7 heteroatoms. The van der Waals surface area contributed by atoms with Gasteiger partial charge in [-0.1, -0.05) is 13.2 Å². The van der Waals surface area contributed by atoms with Crippen LogP contribution in [0.2, 0.25) is 0 Å². The van der Waals surface area contributed by atoms with Crippen molar-refractivity contribution in [2.75, 3.05) is 10.6 Å². The van der Waals surface area contributed by atoms with E-state index in [0.717, 1.165) is 22.5 Å². The molecule has 1 unspecified atom stereocenters. The summed E-state index contributed by atoms with van der Waals surface area (Å²) in [5, 5.41) is 14.6. The Bertz CT molecular complexity index is 957. The molecule has 0 bridgehead atoms. The van der Waals surface area contributed by atoms with Crippen molar-refractivity contribution in [2.24, 2.45) is 5.92 Å². The van der Waals surface area contributed by atoms with Crippen LogP contribution in [0.4, 0.5) is 17.6 Å². The number of H-pyrrole nitrogens is 2. The van der Waals surface area contributed by atoms with Crippen molar-refractivity contribution in [2.45, 2.75) is 18.9 Å². The van der Waals surface area contributed by atoms with E-state index < -0.39 is 0 Å². The minimum atomic E-state index is 0.177. The zero-order valence-corrected chi connectivity index (χ0v) is 13.7. The van der Waals surface area contributed by atoms with Gasteiger partial charge in [-0.3, -0.25) is 5.10 Å². The van der Waals surface area contributed by atoms with Crippen molar-refractivity contribution in [1.29, 1.82) is 0 Å². The van der Waals surface area contributed by atoms with E-state index >= 15 is 0 Å². The first-order valence-electron chi connectivity index (χ1n) is 8.19. The lowest BCUT2D eigenvalue weighted by molar-refractivity contribution is 0.753. The van der Waals surface area contributed by atoms with E-state index in [-0.39, 0.29) is 6.04 Å². The molecular formula is C18H19N7. The Morgan fingerprint density at radius 2 is 2.24 bits per heavy atom. The third-order valence-electron chi connectivity index (χ3n) is 4.20. The van der Waals surface area contributed by atoms with E-state index in [1.165, 1.54) is 12.8 Å². The zero-order chi connectivity index (χ0) is 17.2. The van der Waals surface area contributed by atoms with Crippen LogP contribution in [0.5, 0.6) is 0 Å². The second-order valence-corrected chi connectivity index (χ2v) is 6.05. The lowest BCUT2D eigenvalue weighted by Gasteiger charge is -2.15. The van der Waals surface area contributed by atoms with Crippen molar-refractivity contribution < 1.29 is 0 Å². The van der Waals surface area contributed by atoms with Crippen LogP contribution >= 0.6 is 0 Å². The molecule has 0 aliphatic heterocycles. The van der Waals surface area contributed by atoms with Crippen LogP contribution < -0.4 is 10.6 Å². The summed E-state index contributed by atoms with van der Waals surface area (Å²) in [6, 6.07) is 3.99. The normalized spacial score (nSPS) is 14.7.